The van der Waals surface area contributed by atoms with E-state index in [4.69, 9.17) is 21.1 Å². The number of H-pyrrole nitrogens is 2. The SMILES string of the molecule is C.C.Cn1ccc2c(-c3cnn(C(CC#N)C4CCNC4)c3)ncnc21.N#CCC(C1CCN(c2nc3cccnc3o2)C1)n1cc(-c2ncnc3[nH]ccc23)cn1.S=c1[nH]c2cccnc2o1. The molecule has 2 fully saturated rings. The Bertz CT molecular complexity index is 3340. The van der Waals surface area contributed by atoms with Gasteiger partial charge in [0, 0.05) is 91.7 Å². The van der Waals surface area contributed by atoms with Crippen molar-refractivity contribution in [3.05, 3.63) is 103 Å². The van der Waals surface area contributed by atoms with E-state index in [1.54, 1.807) is 31.2 Å². The molecule has 346 valence electrons. The molecule has 4 atom stereocenters. The van der Waals surface area contributed by atoms with E-state index in [1.807, 2.05) is 88.4 Å². The first-order chi connectivity index (χ1) is 32.4. The molecule has 21 heteroatoms. The van der Waals surface area contributed by atoms with Crippen LogP contribution in [0.15, 0.2) is 107 Å². The van der Waals surface area contributed by atoms with E-state index < -0.39 is 0 Å². The molecule has 0 bridgehead atoms. The predicted octanol–water partition coefficient (Wildman–Crippen LogP) is 8.39. The highest BCUT2D eigenvalue weighted by Gasteiger charge is 2.34. The largest absolute Gasteiger partial charge is 0.410 e. The Balaban J connectivity index is 0.000000153. The van der Waals surface area contributed by atoms with Crippen LogP contribution in [-0.2, 0) is 7.05 Å². The number of aromatic nitrogens is 14. The minimum absolute atomic E-state index is 0. The zero-order chi connectivity index (χ0) is 45.0. The minimum atomic E-state index is -0.0511. The van der Waals surface area contributed by atoms with Crippen molar-refractivity contribution in [2.75, 3.05) is 31.1 Å². The van der Waals surface area contributed by atoms with Crippen molar-refractivity contribution in [1.82, 2.24) is 74.3 Å². The zero-order valence-corrected chi connectivity index (χ0v) is 36.5. The lowest BCUT2D eigenvalue weighted by Gasteiger charge is -2.22. The van der Waals surface area contributed by atoms with Gasteiger partial charge in [-0.15, -0.1) is 0 Å². The molecular formula is C47H50N18O2S. The van der Waals surface area contributed by atoms with E-state index in [-0.39, 0.29) is 32.9 Å². The molecule has 0 aromatic carbocycles. The van der Waals surface area contributed by atoms with Gasteiger partial charge in [-0.25, -0.2) is 29.9 Å². The van der Waals surface area contributed by atoms with Crippen LogP contribution in [0.25, 0.3) is 67.0 Å². The van der Waals surface area contributed by atoms with Gasteiger partial charge in [-0.2, -0.15) is 25.7 Å². The van der Waals surface area contributed by atoms with Crippen LogP contribution in [0.2, 0.25) is 0 Å². The highest BCUT2D eigenvalue weighted by Crippen LogP contribution is 2.35. The lowest BCUT2D eigenvalue weighted by Crippen LogP contribution is -2.25. The standard InChI is InChI=1S/C22H19N9O.C17H19N7.C6H4N2OS.2CH4/c23-6-3-18(14-5-9-30(11-14)22-29-17-2-1-7-25-21(17)32-22)31-12-15(10-28-31)19-16-4-8-24-20(16)27-13-26-19;1-23-7-4-14-16(20-11-21-17(14)23)13-9-22-24(10-13)15(2-5-18)12-3-6-19-8-12;10-6-8-4-2-1-3-7-5(4)9-6;;/h1-2,4,7-8,10,12-14,18H,3,5,9,11H2,(H,24,26,27);4,7,9-12,15,19H,2-3,6,8H2,1H3;1-3H,(H,8,10);2*1H4. The van der Waals surface area contributed by atoms with Crippen molar-refractivity contribution in [2.24, 2.45) is 18.9 Å². The fourth-order valence-corrected chi connectivity index (χ4v) is 8.99. The van der Waals surface area contributed by atoms with Crippen LogP contribution < -0.4 is 10.2 Å². The van der Waals surface area contributed by atoms with E-state index in [2.05, 4.69) is 77.4 Å². The topological polar surface area (TPSA) is 252 Å². The summed E-state index contributed by atoms with van der Waals surface area (Å²) in [5.41, 5.74) is 7.95. The second-order valence-corrected chi connectivity index (χ2v) is 16.4. The molecule has 2 aliphatic rings. The highest BCUT2D eigenvalue weighted by molar-refractivity contribution is 7.71. The second-order valence-electron chi connectivity index (χ2n) is 16.1. The predicted molar refractivity (Wildman–Crippen MR) is 259 cm³/mol. The third-order valence-electron chi connectivity index (χ3n) is 12.1. The van der Waals surface area contributed by atoms with E-state index >= 15 is 0 Å². The van der Waals surface area contributed by atoms with Crippen LogP contribution in [0.5, 0.6) is 0 Å². The Morgan fingerprint density at radius 1 is 0.809 bits per heavy atom. The molecule has 0 aliphatic carbocycles. The van der Waals surface area contributed by atoms with Crippen molar-refractivity contribution in [3.63, 3.8) is 0 Å². The van der Waals surface area contributed by atoms with Gasteiger partial charge in [0.15, 0.2) is 0 Å². The van der Waals surface area contributed by atoms with Gasteiger partial charge in [-0.1, -0.05) is 14.9 Å². The highest BCUT2D eigenvalue weighted by atomic mass is 32.1. The number of aryl methyl sites for hydroxylation is 1. The van der Waals surface area contributed by atoms with Crippen molar-refractivity contribution in [3.8, 4) is 34.7 Å². The maximum absolute atomic E-state index is 9.51. The third kappa shape index (κ3) is 9.43. The molecule has 12 rings (SSSR count). The molecule has 0 saturated carbocycles. The molecule has 10 aromatic rings. The molecule has 12 heterocycles. The van der Waals surface area contributed by atoms with Crippen LogP contribution in [0, 0.1) is 39.3 Å². The molecule has 0 radical (unpaired) electrons. The molecule has 0 amide bonds. The van der Waals surface area contributed by atoms with Gasteiger partial charge >= 0.3 is 0 Å². The van der Waals surface area contributed by atoms with Gasteiger partial charge in [0.05, 0.1) is 60.8 Å². The van der Waals surface area contributed by atoms with Gasteiger partial charge in [0.2, 0.25) is 11.4 Å². The minimum Gasteiger partial charge on any atom is -0.410 e. The van der Waals surface area contributed by atoms with Gasteiger partial charge in [-0.05, 0) is 73.9 Å². The van der Waals surface area contributed by atoms with E-state index in [0.29, 0.717) is 41.0 Å². The molecule has 0 spiro atoms. The Morgan fingerprint density at radius 2 is 1.51 bits per heavy atom. The van der Waals surface area contributed by atoms with Crippen LogP contribution in [0.3, 0.4) is 0 Å². The molecule has 2 saturated heterocycles. The van der Waals surface area contributed by atoms with Crippen molar-refractivity contribution < 1.29 is 8.83 Å². The summed E-state index contributed by atoms with van der Waals surface area (Å²) in [4.78, 5) is 38.7. The summed E-state index contributed by atoms with van der Waals surface area (Å²) < 4.78 is 16.7. The van der Waals surface area contributed by atoms with Gasteiger partial charge < -0.3 is 33.6 Å². The van der Waals surface area contributed by atoms with Gasteiger partial charge in [0.1, 0.15) is 35.0 Å². The second kappa shape index (κ2) is 20.6. The summed E-state index contributed by atoms with van der Waals surface area (Å²) in [7, 11) is 1.97. The molecule has 3 N–H and O–H groups in total. The molecule has 10 aromatic heterocycles. The lowest BCUT2D eigenvalue weighted by molar-refractivity contribution is 0.329. The van der Waals surface area contributed by atoms with Crippen LogP contribution in [-0.4, -0.2) is 95.2 Å². The number of rotatable bonds is 9. The number of pyridine rings is 2. The van der Waals surface area contributed by atoms with Crippen molar-refractivity contribution in [2.45, 2.75) is 52.6 Å². The van der Waals surface area contributed by atoms with Crippen molar-refractivity contribution >= 4 is 62.8 Å². The molecule has 20 nitrogen and oxygen atoms in total. The summed E-state index contributed by atoms with van der Waals surface area (Å²) in [5.74, 6) is 0.683. The number of fused-ring (bicyclic) bond motifs is 4. The van der Waals surface area contributed by atoms with Gasteiger partial charge in [0.25, 0.3) is 10.9 Å². The fraction of sp³-hybridized carbons (Fsp3) is 0.319. The summed E-state index contributed by atoms with van der Waals surface area (Å²) >= 11 is 4.75. The third-order valence-corrected chi connectivity index (χ3v) is 12.3. The average molecular weight is 931 g/mol. The average Bonchev–Trinajstić information content (AvgIpc) is 4.19. The summed E-state index contributed by atoms with van der Waals surface area (Å²) in [6.45, 7) is 3.50. The lowest BCUT2D eigenvalue weighted by atomic mass is 9.96. The van der Waals surface area contributed by atoms with E-state index in [0.717, 1.165) is 94.6 Å². The summed E-state index contributed by atoms with van der Waals surface area (Å²) in [5, 5.41) is 33.2. The summed E-state index contributed by atoms with van der Waals surface area (Å²) in [6, 6.07) is 16.7. The normalized spacial score (nSPS) is 16.2. The number of aromatic amines is 2. The molecular weight excluding hydrogens is 881 g/mol. The number of nitriles is 2. The summed E-state index contributed by atoms with van der Waals surface area (Å²) in [6.07, 6.45) is 20.8. The molecule has 2 aliphatic heterocycles. The Morgan fingerprint density at radius 3 is 2.22 bits per heavy atom. The first-order valence-electron chi connectivity index (χ1n) is 21.4. The van der Waals surface area contributed by atoms with Gasteiger partial charge in [-0.3, -0.25) is 9.36 Å². The number of nitrogens with one attached hydrogen (secondary N) is 3. The Hall–Kier alpha value is -8.14. The number of hydrogen-bond donors (Lipinski definition) is 3. The van der Waals surface area contributed by atoms with E-state index in [9.17, 15) is 10.5 Å². The quantitative estimate of drug-likeness (QED) is 0.115. The number of anilines is 1. The zero-order valence-electron chi connectivity index (χ0n) is 35.6. The number of hydrogen-bond acceptors (Lipinski definition) is 16. The van der Waals surface area contributed by atoms with Crippen LogP contribution in [0.1, 0.15) is 52.6 Å². The maximum atomic E-state index is 9.51. The maximum Gasteiger partial charge on any atom is 0.299 e. The Kier molecular flexibility index (Phi) is 14.0. The molecule has 4 unspecified atom stereocenters. The molecule has 68 heavy (non-hydrogen) atoms. The smallest absolute Gasteiger partial charge is 0.299 e. The van der Waals surface area contributed by atoms with Crippen molar-refractivity contribution in [1.29, 1.82) is 10.5 Å². The van der Waals surface area contributed by atoms with E-state index in [1.165, 1.54) is 0 Å². The number of nitrogens with zero attached hydrogens (tertiary/aromatic N) is 15. The van der Waals surface area contributed by atoms with Crippen LogP contribution in [0.4, 0.5) is 6.01 Å². The first kappa shape index (κ1) is 46.4. The van der Waals surface area contributed by atoms with Crippen LogP contribution >= 0.6 is 12.2 Å². The fourth-order valence-electron chi connectivity index (χ4n) is 8.80. The Labute approximate surface area is 395 Å². The number of oxazole rings is 2. The first-order valence-corrected chi connectivity index (χ1v) is 21.8. The monoisotopic (exact) mass is 930 g/mol.